The van der Waals surface area contributed by atoms with Crippen LogP contribution in [0.15, 0.2) is 30.7 Å². The molecular weight excluding hydrogens is 200 g/mol. The van der Waals surface area contributed by atoms with Gasteiger partial charge in [0, 0.05) is 30.2 Å². The molecule has 0 atom stereocenters. The topological polar surface area (TPSA) is 56.7 Å². The van der Waals surface area contributed by atoms with E-state index in [-0.39, 0.29) is 0 Å². The van der Waals surface area contributed by atoms with Gasteiger partial charge in [0.2, 0.25) is 0 Å². The number of hydrogen-bond acceptors (Lipinski definition) is 3. The summed E-state index contributed by atoms with van der Waals surface area (Å²) >= 11 is 0. The Morgan fingerprint density at radius 1 is 1.25 bits per heavy atom. The van der Waals surface area contributed by atoms with Crippen molar-refractivity contribution >= 4 is 5.82 Å². The van der Waals surface area contributed by atoms with Crippen LogP contribution >= 0.6 is 0 Å². The molecular formula is C12H14N4. The molecule has 0 amide bonds. The normalized spacial score (nSPS) is 16.0. The zero-order chi connectivity index (χ0) is 11.0. The number of nitrogens with zero attached hydrogens (tertiary/aromatic N) is 3. The fourth-order valence-electron chi connectivity index (χ4n) is 2.08. The summed E-state index contributed by atoms with van der Waals surface area (Å²) < 4.78 is 2.25. The Hall–Kier alpha value is -1.84. The third-order valence-corrected chi connectivity index (χ3v) is 3.18. The van der Waals surface area contributed by atoms with Gasteiger partial charge in [0.25, 0.3) is 0 Å². The van der Waals surface area contributed by atoms with E-state index in [2.05, 4.69) is 20.7 Å². The van der Waals surface area contributed by atoms with Crippen LogP contribution in [-0.4, -0.2) is 14.5 Å². The van der Waals surface area contributed by atoms with Crippen molar-refractivity contribution in [2.24, 2.45) is 0 Å². The summed E-state index contributed by atoms with van der Waals surface area (Å²) in [5, 5.41) is 0. The Balaban J connectivity index is 2.02. The van der Waals surface area contributed by atoms with Gasteiger partial charge in [-0.1, -0.05) is 0 Å². The van der Waals surface area contributed by atoms with Crippen molar-refractivity contribution in [2.45, 2.75) is 25.3 Å². The molecule has 2 N–H and O–H groups in total. The molecule has 2 aromatic heterocycles. The molecule has 1 aliphatic carbocycles. The minimum atomic E-state index is 0.542. The molecule has 0 bridgehead atoms. The van der Waals surface area contributed by atoms with Crippen LogP contribution in [0, 0.1) is 0 Å². The third kappa shape index (κ3) is 1.46. The first-order chi connectivity index (χ1) is 7.84. The Morgan fingerprint density at radius 3 is 2.81 bits per heavy atom. The van der Waals surface area contributed by atoms with E-state index in [1.807, 2.05) is 18.3 Å². The summed E-state index contributed by atoms with van der Waals surface area (Å²) in [7, 11) is 0. The minimum absolute atomic E-state index is 0.542. The fourth-order valence-corrected chi connectivity index (χ4v) is 2.08. The van der Waals surface area contributed by atoms with Crippen molar-refractivity contribution in [3.8, 4) is 11.4 Å². The van der Waals surface area contributed by atoms with E-state index in [4.69, 9.17) is 5.73 Å². The van der Waals surface area contributed by atoms with E-state index in [1.54, 1.807) is 6.20 Å². The Labute approximate surface area is 94.1 Å². The highest BCUT2D eigenvalue weighted by atomic mass is 15.1. The molecule has 2 aromatic rings. The van der Waals surface area contributed by atoms with Gasteiger partial charge in [0.15, 0.2) is 0 Å². The molecule has 0 aliphatic heterocycles. The second-order valence-corrected chi connectivity index (χ2v) is 4.21. The van der Waals surface area contributed by atoms with Crippen molar-refractivity contribution < 1.29 is 0 Å². The Bertz CT molecular complexity index is 499. The SMILES string of the molecule is Nc1cc(-c2nccn2C2CCC2)ccn1. The lowest BCUT2D eigenvalue weighted by Gasteiger charge is -2.28. The van der Waals surface area contributed by atoms with E-state index < -0.39 is 0 Å². The highest BCUT2D eigenvalue weighted by molar-refractivity contribution is 5.59. The monoisotopic (exact) mass is 214 g/mol. The van der Waals surface area contributed by atoms with Crippen LogP contribution in [0.5, 0.6) is 0 Å². The number of aromatic nitrogens is 3. The first-order valence-corrected chi connectivity index (χ1v) is 5.59. The maximum atomic E-state index is 5.69. The quantitative estimate of drug-likeness (QED) is 0.834. The number of rotatable bonds is 2. The van der Waals surface area contributed by atoms with Crippen molar-refractivity contribution in [1.82, 2.24) is 14.5 Å². The Morgan fingerprint density at radius 2 is 2.12 bits per heavy atom. The van der Waals surface area contributed by atoms with Crippen LogP contribution < -0.4 is 5.73 Å². The molecule has 1 saturated carbocycles. The van der Waals surface area contributed by atoms with Crippen molar-refractivity contribution in [1.29, 1.82) is 0 Å². The number of nitrogen functional groups attached to an aromatic ring is 1. The van der Waals surface area contributed by atoms with Crippen LogP contribution in [0.1, 0.15) is 25.3 Å². The molecule has 4 heteroatoms. The summed E-state index contributed by atoms with van der Waals surface area (Å²) in [6.45, 7) is 0. The first kappa shape index (κ1) is 9.39. The van der Waals surface area contributed by atoms with Crippen molar-refractivity contribution in [3.05, 3.63) is 30.7 Å². The first-order valence-electron chi connectivity index (χ1n) is 5.59. The summed E-state index contributed by atoms with van der Waals surface area (Å²) in [5.74, 6) is 1.54. The standard InChI is InChI=1S/C12H14N4/c13-11-8-9(4-5-14-11)12-15-6-7-16(12)10-2-1-3-10/h4-8,10H,1-3H2,(H2,13,14). The number of nitrogens with two attached hydrogens (primary N) is 1. The molecule has 0 unspecified atom stereocenters. The highest BCUT2D eigenvalue weighted by Crippen LogP contribution is 2.34. The average Bonchev–Trinajstić information content (AvgIpc) is 2.64. The van der Waals surface area contributed by atoms with Gasteiger partial charge >= 0.3 is 0 Å². The molecule has 2 heterocycles. The molecule has 3 rings (SSSR count). The van der Waals surface area contributed by atoms with Gasteiger partial charge in [-0.3, -0.25) is 0 Å². The fraction of sp³-hybridized carbons (Fsp3) is 0.333. The molecule has 16 heavy (non-hydrogen) atoms. The van der Waals surface area contributed by atoms with Crippen LogP contribution in [0.25, 0.3) is 11.4 Å². The summed E-state index contributed by atoms with van der Waals surface area (Å²) in [5.41, 5.74) is 6.73. The van der Waals surface area contributed by atoms with Crippen molar-refractivity contribution in [3.63, 3.8) is 0 Å². The molecule has 0 saturated heterocycles. The maximum Gasteiger partial charge on any atom is 0.140 e. The average molecular weight is 214 g/mol. The van der Waals surface area contributed by atoms with Gasteiger partial charge in [-0.2, -0.15) is 0 Å². The highest BCUT2D eigenvalue weighted by Gasteiger charge is 2.21. The number of anilines is 1. The van der Waals surface area contributed by atoms with E-state index in [0.29, 0.717) is 11.9 Å². The summed E-state index contributed by atoms with van der Waals surface area (Å²) in [6, 6.07) is 4.44. The molecule has 0 aromatic carbocycles. The van der Waals surface area contributed by atoms with Crippen LogP contribution in [-0.2, 0) is 0 Å². The molecule has 0 radical (unpaired) electrons. The van der Waals surface area contributed by atoms with Gasteiger partial charge in [0.1, 0.15) is 11.6 Å². The predicted molar refractivity (Wildman–Crippen MR) is 62.8 cm³/mol. The van der Waals surface area contributed by atoms with Gasteiger partial charge in [0.05, 0.1) is 0 Å². The second kappa shape index (κ2) is 3.63. The zero-order valence-electron chi connectivity index (χ0n) is 9.00. The molecule has 1 aliphatic rings. The number of imidazole rings is 1. The zero-order valence-corrected chi connectivity index (χ0v) is 9.00. The van der Waals surface area contributed by atoms with Crippen molar-refractivity contribution in [2.75, 3.05) is 5.73 Å². The summed E-state index contributed by atoms with van der Waals surface area (Å²) in [4.78, 5) is 8.41. The van der Waals surface area contributed by atoms with E-state index in [9.17, 15) is 0 Å². The van der Waals surface area contributed by atoms with E-state index >= 15 is 0 Å². The smallest absolute Gasteiger partial charge is 0.140 e. The van der Waals surface area contributed by atoms with E-state index in [0.717, 1.165) is 11.4 Å². The van der Waals surface area contributed by atoms with Crippen LogP contribution in [0.4, 0.5) is 5.82 Å². The Kier molecular flexibility index (Phi) is 2.13. The largest absolute Gasteiger partial charge is 0.384 e. The molecule has 82 valence electrons. The summed E-state index contributed by atoms with van der Waals surface area (Å²) in [6.07, 6.45) is 9.46. The lowest BCUT2D eigenvalue weighted by Crippen LogP contribution is -2.17. The number of hydrogen-bond donors (Lipinski definition) is 1. The molecule has 4 nitrogen and oxygen atoms in total. The second-order valence-electron chi connectivity index (χ2n) is 4.21. The molecule has 1 fully saturated rings. The van der Waals surface area contributed by atoms with Crippen LogP contribution in [0.2, 0.25) is 0 Å². The molecule has 0 spiro atoms. The van der Waals surface area contributed by atoms with Gasteiger partial charge in [-0.05, 0) is 31.4 Å². The number of pyridine rings is 1. The minimum Gasteiger partial charge on any atom is -0.384 e. The lowest BCUT2D eigenvalue weighted by atomic mass is 9.92. The maximum absolute atomic E-state index is 5.69. The van der Waals surface area contributed by atoms with Gasteiger partial charge < -0.3 is 10.3 Å². The lowest BCUT2D eigenvalue weighted by molar-refractivity contribution is 0.316. The van der Waals surface area contributed by atoms with Crippen LogP contribution in [0.3, 0.4) is 0 Å². The van der Waals surface area contributed by atoms with Gasteiger partial charge in [-0.15, -0.1) is 0 Å². The third-order valence-electron chi connectivity index (χ3n) is 3.18. The predicted octanol–water partition coefficient (Wildman–Crippen LogP) is 2.25. The van der Waals surface area contributed by atoms with E-state index in [1.165, 1.54) is 19.3 Å². The van der Waals surface area contributed by atoms with Gasteiger partial charge in [-0.25, -0.2) is 9.97 Å².